The fourth-order valence-corrected chi connectivity index (χ4v) is 4.44. The molecule has 0 saturated carbocycles. The van der Waals surface area contributed by atoms with Crippen molar-refractivity contribution in [1.29, 1.82) is 5.26 Å². The van der Waals surface area contributed by atoms with E-state index in [-0.39, 0.29) is 17.2 Å². The Bertz CT molecular complexity index is 1460. The molecule has 0 spiro atoms. The van der Waals surface area contributed by atoms with E-state index in [0.717, 1.165) is 18.4 Å². The molecule has 1 aliphatic heterocycles. The van der Waals surface area contributed by atoms with Crippen molar-refractivity contribution in [3.63, 3.8) is 0 Å². The first-order chi connectivity index (χ1) is 19.8. The second kappa shape index (κ2) is 13.6. The lowest BCUT2D eigenvalue weighted by molar-refractivity contribution is 0.0734. The van der Waals surface area contributed by atoms with Crippen LogP contribution >= 0.6 is 0 Å². The van der Waals surface area contributed by atoms with Crippen LogP contribution < -0.4 is 29.4 Å². The number of nitrogens with two attached hydrogens (primary N) is 1. The van der Waals surface area contributed by atoms with Crippen LogP contribution in [0.1, 0.15) is 67.9 Å². The van der Waals surface area contributed by atoms with Gasteiger partial charge in [-0.25, -0.2) is 4.79 Å². The van der Waals surface area contributed by atoms with Crippen molar-refractivity contribution >= 4 is 5.97 Å². The third-order valence-corrected chi connectivity index (χ3v) is 6.50. The molecule has 3 aromatic carbocycles. The number of esters is 1. The zero-order valence-corrected chi connectivity index (χ0v) is 23.9. The van der Waals surface area contributed by atoms with Gasteiger partial charge >= 0.3 is 5.97 Å². The summed E-state index contributed by atoms with van der Waals surface area (Å²) in [6, 6.07) is 19.7. The lowest BCUT2D eigenvalue weighted by atomic mass is 9.83. The van der Waals surface area contributed by atoms with Gasteiger partial charge in [0.2, 0.25) is 5.88 Å². The average Bonchev–Trinajstić information content (AvgIpc) is 2.96. The number of benzene rings is 3. The van der Waals surface area contributed by atoms with Gasteiger partial charge < -0.3 is 29.4 Å². The lowest BCUT2D eigenvalue weighted by Crippen LogP contribution is -2.21. The first kappa shape index (κ1) is 29.3. The molecule has 1 unspecified atom stereocenters. The molecule has 0 aromatic heterocycles. The summed E-state index contributed by atoms with van der Waals surface area (Å²) >= 11 is 0. The predicted octanol–water partition coefficient (Wildman–Crippen LogP) is 6.74. The Morgan fingerprint density at radius 1 is 0.976 bits per heavy atom. The van der Waals surface area contributed by atoms with Gasteiger partial charge in [0.05, 0.1) is 31.3 Å². The molecule has 1 atom stereocenters. The Kier molecular flexibility index (Phi) is 9.75. The number of nitrogens with zero attached hydrogens (tertiary/aromatic N) is 1. The molecule has 1 heterocycles. The van der Waals surface area contributed by atoms with Gasteiger partial charge in [-0.3, -0.25) is 0 Å². The number of carbonyl (C=O) groups excluding carboxylic acids is 1. The van der Waals surface area contributed by atoms with Crippen molar-refractivity contribution in [2.75, 3.05) is 19.8 Å². The van der Waals surface area contributed by atoms with Crippen molar-refractivity contribution in [2.24, 2.45) is 11.7 Å². The fourth-order valence-electron chi connectivity index (χ4n) is 4.44. The van der Waals surface area contributed by atoms with Crippen LogP contribution in [0, 0.1) is 17.2 Å². The maximum atomic E-state index is 12.9. The lowest BCUT2D eigenvalue weighted by Gasteiger charge is -2.27. The standard InChI is InChI=1S/C33H36N2O6/c1-5-15-38-24-9-7-8-23(17-24)33(36)40-25-11-12-26-29(19-25)41-32(35)27(20-34)31(26)22-10-13-28(30(18-22)37-6-2)39-16-14-21(3)4/h7-13,17-19,21,31H,5-6,14-16,35H2,1-4H3. The quantitative estimate of drug-likeness (QED) is 0.193. The van der Waals surface area contributed by atoms with Crippen LogP contribution in [0.4, 0.5) is 0 Å². The number of fused-ring (bicyclic) bond motifs is 1. The zero-order chi connectivity index (χ0) is 29.4. The largest absolute Gasteiger partial charge is 0.494 e. The van der Waals surface area contributed by atoms with E-state index in [2.05, 4.69) is 19.9 Å². The number of ether oxygens (including phenoxy) is 5. The van der Waals surface area contributed by atoms with Gasteiger partial charge in [0.25, 0.3) is 0 Å². The van der Waals surface area contributed by atoms with Crippen LogP contribution in [0.2, 0.25) is 0 Å². The summed E-state index contributed by atoms with van der Waals surface area (Å²) in [6.07, 6.45) is 1.78. The number of nitriles is 1. The second-order valence-corrected chi connectivity index (χ2v) is 10.1. The molecule has 8 nitrogen and oxygen atoms in total. The summed E-state index contributed by atoms with van der Waals surface area (Å²) in [7, 11) is 0. The summed E-state index contributed by atoms with van der Waals surface area (Å²) in [5, 5.41) is 9.99. The highest BCUT2D eigenvalue weighted by molar-refractivity contribution is 5.91. The zero-order valence-electron chi connectivity index (χ0n) is 23.9. The molecule has 0 amide bonds. The number of allylic oxidation sites excluding steroid dienone is 1. The Morgan fingerprint density at radius 2 is 1.80 bits per heavy atom. The van der Waals surface area contributed by atoms with E-state index < -0.39 is 11.9 Å². The van der Waals surface area contributed by atoms with Crippen molar-refractivity contribution in [3.05, 3.63) is 88.8 Å². The Hall–Kier alpha value is -4.64. The van der Waals surface area contributed by atoms with Gasteiger partial charge in [-0.15, -0.1) is 0 Å². The Balaban J connectivity index is 1.62. The molecule has 2 N–H and O–H groups in total. The normalized spacial score (nSPS) is 14.1. The van der Waals surface area contributed by atoms with Gasteiger partial charge in [0.15, 0.2) is 11.5 Å². The topological polar surface area (TPSA) is 113 Å². The highest BCUT2D eigenvalue weighted by atomic mass is 16.5. The molecule has 214 valence electrons. The van der Waals surface area contributed by atoms with Crippen molar-refractivity contribution in [3.8, 4) is 34.8 Å². The van der Waals surface area contributed by atoms with Crippen molar-refractivity contribution in [2.45, 2.75) is 46.5 Å². The van der Waals surface area contributed by atoms with E-state index in [4.69, 9.17) is 29.4 Å². The summed E-state index contributed by atoms with van der Waals surface area (Å²) in [5.41, 5.74) is 8.35. The monoisotopic (exact) mass is 556 g/mol. The number of rotatable bonds is 12. The van der Waals surface area contributed by atoms with E-state index in [9.17, 15) is 10.1 Å². The summed E-state index contributed by atoms with van der Waals surface area (Å²) < 4.78 is 29.0. The summed E-state index contributed by atoms with van der Waals surface area (Å²) in [5.74, 6) is 1.98. The van der Waals surface area contributed by atoms with E-state index in [0.29, 0.717) is 59.9 Å². The van der Waals surface area contributed by atoms with Crippen LogP contribution in [0.15, 0.2) is 72.1 Å². The first-order valence-corrected chi connectivity index (χ1v) is 13.9. The minimum absolute atomic E-state index is 0.00975. The Morgan fingerprint density at radius 3 is 2.54 bits per heavy atom. The van der Waals surface area contributed by atoms with E-state index in [1.54, 1.807) is 42.5 Å². The van der Waals surface area contributed by atoms with Gasteiger partial charge in [0.1, 0.15) is 28.9 Å². The smallest absolute Gasteiger partial charge is 0.343 e. The molecule has 8 heteroatoms. The number of hydrogen-bond donors (Lipinski definition) is 1. The van der Waals surface area contributed by atoms with Crippen LogP contribution in [0.5, 0.6) is 28.7 Å². The van der Waals surface area contributed by atoms with Crippen LogP contribution in [-0.2, 0) is 0 Å². The average molecular weight is 557 g/mol. The maximum absolute atomic E-state index is 12.9. The fraction of sp³-hybridized carbons (Fsp3) is 0.333. The molecular formula is C33H36N2O6. The highest BCUT2D eigenvalue weighted by Crippen LogP contribution is 2.45. The third kappa shape index (κ3) is 7.12. The maximum Gasteiger partial charge on any atom is 0.343 e. The minimum Gasteiger partial charge on any atom is -0.494 e. The number of hydrogen-bond acceptors (Lipinski definition) is 8. The SMILES string of the molecule is CCCOc1cccc(C(=O)Oc2ccc3c(c2)OC(N)=C(C#N)C3c2ccc(OCCC(C)C)c(OCC)c2)c1. The van der Waals surface area contributed by atoms with Crippen LogP contribution in [0.3, 0.4) is 0 Å². The van der Waals surface area contributed by atoms with Crippen molar-refractivity contribution < 1.29 is 28.5 Å². The van der Waals surface area contributed by atoms with Gasteiger partial charge in [-0.05, 0) is 67.6 Å². The molecule has 0 fully saturated rings. The molecule has 0 aliphatic carbocycles. The van der Waals surface area contributed by atoms with E-state index >= 15 is 0 Å². The molecule has 4 rings (SSSR count). The highest BCUT2D eigenvalue weighted by Gasteiger charge is 2.32. The first-order valence-electron chi connectivity index (χ1n) is 13.9. The Labute approximate surface area is 241 Å². The molecule has 0 radical (unpaired) electrons. The van der Waals surface area contributed by atoms with Crippen LogP contribution in [-0.4, -0.2) is 25.8 Å². The summed E-state index contributed by atoms with van der Waals surface area (Å²) in [6.45, 7) is 9.80. The van der Waals surface area contributed by atoms with Crippen LogP contribution in [0.25, 0.3) is 0 Å². The predicted molar refractivity (Wildman–Crippen MR) is 155 cm³/mol. The summed E-state index contributed by atoms with van der Waals surface area (Å²) in [4.78, 5) is 12.9. The van der Waals surface area contributed by atoms with Crippen molar-refractivity contribution in [1.82, 2.24) is 0 Å². The molecule has 41 heavy (non-hydrogen) atoms. The van der Waals surface area contributed by atoms with E-state index in [1.165, 1.54) is 0 Å². The van der Waals surface area contributed by atoms with Gasteiger partial charge in [-0.2, -0.15) is 5.26 Å². The number of carbonyl (C=O) groups is 1. The van der Waals surface area contributed by atoms with Gasteiger partial charge in [0, 0.05) is 11.6 Å². The molecular weight excluding hydrogens is 520 g/mol. The molecule has 0 saturated heterocycles. The second-order valence-electron chi connectivity index (χ2n) is 10.1. The molecule has 3 aromatic rings. The van der Waals surface area contributed by atoms with Gasteiger partial charge in [-0.1, -0.05) is 39.0 Å². The minimum atomic E-state index is -0.533. The van der Waals surface area contributed by atoms with E-state index in [1.807, 2.05) is 32.0 Å². The molecule has 0 bridgehead atoms. The molecule has 1 aliphatic rings. The third-order valence-electron chi connectivity index (χ3n) is 6.50.